The normalized spacial score (nSPS) is 47.0. The highest BCUT2D eigenvalue weighted by atomic mass is 16.4. The Balaban J connectivity index is 1.37. The van der Waals surface area contributed by atoms with Crippen LogP contribution in [0.25, 0.3) is 0 Å². The Kier molecular flexibility index (Phi) is 3.29. The Hall–Kier alpha value is -0.570. The second kappa shape index (κ2) is 5.01. The Morgan fingerprint density at radius 2 is 1.75 bits per heavy atom. The molecule has 0 aromatic carbocycles. The number of fused-ring (bicyclic) bond motifs is 4. The van der Waals surface area contributed by atoms with Crippen molar-refractivity contribution in [2.45, 2.75) is 69.9 Å². The van der Waals surface area contributed by atoms with Crippen LogP contribution in [0.4, 0.5) is 0 Å². The van der Waals surface area contributed by atoms with Gasteiger partial charge in [-0.3, -0.25) is 9.69 Å². The Labute approximate surface area is 121 Å². The Morgan fingerprint density at radius 3 is 2.30 bits per heavy atom. The molecule has 0 spiro atoms. The summed E-state index contributed by atoms with van der Waals surface area (Å²) < 4.78 is 0. The van der Waals surface area contributed by atoms with Crippen molar-refractivity contribution in [3.05, 3.63) is 0 Å². The van der Waals surface area contributed by atoms with Crippen molar-refractivity contribution in [2.75, 3.05) is 6.54 Å². The number of piperidine rings is 1. The predicted molar refractivity (Wildman–Crippen MR) is 77.4 cm³/mol. The first-order chi connectivity index (χ1) is 9.69. The number of aliphatic carboxylic acids is 1. The van der Waals surface area contributed by atoms with Gasteiger partial charge in [0.05, 0.1) is 0 Å². The fraction of sp³-hybridized carbons (Fsp3) is 0.941. The summed E-state index contributed by atoms with van der Waals surface area (Å²) in [7, 11) is 0. The van der Waals surface area contributed by atoms with Crippen LogP contribution in [0, 0.1) is 23.7 Å². The molecule has 5 unspecified atom stereocenters. The van der Waals surface area contributed by atoms with Crippen LogP contribution < -0.4 is 0 Å². The van der Waals surface area contributed by atoms with Crippen LogP contribution in [-0.4, -0.2) is 34.6 Å². The molecule has 2 saturated carbocycles. The monoisotopic (exact) mass is 277 g/mol. The van der Waals surface area contributed by atoms with E-state index in [1.54, 1.807) is 0 Å². The summed E-state index contributed by atoms with van der Waals surface area (Å²) in [5.41, 5.74) is 0. The van der Waals surface area contributed by atoms with Gasteiger partial charge in [-0.2, -0.15) is 0 Å². The van der Waals surface area contributed by atoms with E-state index in [4.69, 9.17) is 5.11 Å². The van der Waals surface area contributed by atoms with Crippen molar-refractivity contribution in [3.63, 3.8) is 0 Å². The van der Waals surface area contributed by atoms with Crippen LogP contribution in [0.1, 0.15) is 57.8 Å². The molecule has 2 aliphatic carbocycles. The summed E-state index contributed by atoms with van der Waals surface area (Å²) >= 11 is 0. The van der Waals surface area contributed by atoms with Crippen LogP contribution in [0.2, 0.25) is 0 Å². The van der Waals surface area contributed by atoms with Gasteiger partial charge >= 0.3 is 5.97 Å². The molecule has 0 aromatic heterocycles. The standard InChI is InChI=1S/C17H27NO2/c19-17(20)9-12-7-15-3-4-16(8-12)18(15)10-14-6-11-1-2-13(14)5-11/h11-16H,1-10H2,(H,19,20). The molecule has 3 heteroatoms. The third kappa shape index (κ3) is 2.28. The van der Waals surface area contributed by atoms with E-state index in [2.05, 4.69) is 4.90 Å². The maximum atomic E-state index is 10.9. The average Bonchev–Trinajstić information content (AvgIpc) is 3.05. The summed E-state index contributed by atoms with van der Waals surface area (Å²) in [4.78, 5) is 13.7. The summed E-state index contributed by atoms with van der Waals surface area (Å²) in [6, 6.07) is 1.41. The lowest BCUT2D eigenvalue weighted by atomic mass is 9.84. The maximum Gasteiger partial charge on any atom is 0.303 e. The minimum Gasteiger partial charge on any atom is -0.481 e. The van der Waals surface area contributed by atoms with Crippen molar-refractivity contribution in [2.24, 2.45) is 23.7 Å². The van der Waals surface area contributed by atoms with Gasteiger partial charge in [-0.15, -0.1) is 0 Å². The number of hydrogen-bond donors (Lipinski definition) is 1. The molecule has 2 saturated heterocycles. The van der Waals surface area contributed by atoms with Crippen molar-refractivity contribution < 1.29 is 9.90 Å². The van der Waals surface area contributed by atoms with E-state index in [0.717, 1.165) is 30.6 Å². The lowest BCUT2D eigenvalue weighted by Gasteiger charge is -2.41. The van der Waals surface area contributed by atoms with Crippen molar-refractivity contribution in [3.8, 4) is 0 Å². The minimum absolute atomic E-state index is 0.398. The number of carboxylic acids is 1. The van der Waals surface area contributed by atoms with Gasteiger partial charge in [-0.1, -0.05) is 6.42 Å². The molecule has 0 amide bonds. The van der Waals surface area contributed by atoms with E-state index in [9.17, 15) is 4.79 Å². The molecule has 4 rings (SSSR count). The summed E-state index contributed by atoms with van der Waals surface area (Å²) in [5.74, 6) is 2.88. The topological polar surface area (TPSA) is 40.5 Å². The number of carbonyl (C=O) groups is 1. The Morgan fingerprint density at radius 1 is 1.00 bits per heavy atom. The molecule has 4 aliphatic rings. The zero-order valence-electron chi connectivity index (χ0n) is 12.3. The van der Waals surface area contributed by atoms with Gasteiger partial charge < -0.3 is 5.11 Å². The summed E-state index contributed by atoms with van der Waals surface area (Å²) in [6.07, 6.45) is 11.3. The first kappa shape index (κ1) is 13.1. The van der Waals surface area contributed by atoms with Gasteiger partial charge in [-0.25, -0.2) is 0 Å². The Bertz CT molecular complexity index is 382. The van der Waals surface area contributed by atoms with E-state index in [-0.39, 0.29) is 0 Å². The number of rotatable bonds is 4. The van der Waals surface area contributed by atoms with E-state index < -0.39 is 5.97 Å². The third-order valence-electron chi connectivity index (χ3n) is 6.78. The van der Waals surface area contributed by atoms with Crippen molar-refractivity contribution >= 4 is 5.97 Å². The second-order valence-corrected chi connectivity index (χ2v) is 7.95. The minimum atomic E-state index is -0.601. The smallest absolute Gasteiger partial charge is 0.303 e. The summed E-state index contributed by atoms with van der Waals surface area (Å²) in [5, 5.41) is 9.01. The molecule has 1 N–H and O–H groups in total. The fourth-order valence-electron chi connectivity index (χ4n) is 5.97. The molecule has 0 radical (unpaired) electrons. The second-order valence-electron chi connectivity index (χ2n) is 7.95. The van der Waals surface area contributed by atoms with Gasteiger partial charge in [0.15, 0.2) is 0 Å². The van der Waals surface area contributed by atoms with E-state index >= 15 is 0 Å². The van der Waals surface area contributed by atoms with E-state index in [1.807, 2.05) is 0 Å². The molecule has 4 bridgehead atoms. The fourth-order valence-corrected chi connectivity index (χ4v) is 5.97. The highest BCUT2D eigenvalue weighted by molar-refractivity contribution is 5.67. The zero-order chi connectivity index (χ0) is 13.7. The van der Waals surface area contributed by atoms with E-state index in [0.29, 0.717) is 24.4 Å². The number of hydrogen-bond acceptors (Lipinski definition) is 2. The lowest BCUT2D eigenvalue weighted by molar-refractivity contribution is -0.138. The predicted octanol–water partition coefficient (Wildman–Crippen LogP) is 3.14. The molecule has 2 heterocycles. The number of nitrogens with zero attached hydrogens (tertiary/aromatic N) is 1. The van der Waals surface area contributed by atoms with Crippen molar-refractivity contribution in [1.82, 2.24) is 4.90 Å². The molecule has 5 atom stereocenters. The molecule has 2 aliphatic heterocycles. The first-order valence-corrected chi connectivity index (χ1v) is 8.66. The number of carboxylic acid groups (broad SMARTS) is 1. The lowest BCUT2D eigenvalue weighted by Crippen LogP contribution is -2.46. The SMILES string of the molecule is O=C(O)CC1CC2CCC(C1)N2CC1CC2CCC1C2. The van der Waals surface area contributed by atoms with Crippen LogP contribution in [0.3, 0.4) is 0 Å². The maximum absolute atomic E-state index is 10.9. The third-order valence-corrected chi connectivity index (χ3v) is 6.78. The van der Waals surface area contributed by atoms with Crippen LogP contribution >= 0.6 is 0 Å². The van der Waals surface area contributed by atoms with Gasteiger partial charge in [-0.05, 0) is 68.6 Å². The zero-order valence-corrected chi connectivity index (χ0v) is 12.3. The van der Waals surface area contributed by atoms with Gasteiger partial charge in [0.1, 0.15) is 0 Å². The molecule has 20 heavy (non-hydrogen) atoms. The van der Waals surface area contributed by atoms with E-state index in [1.165, 1.54) is 45.1 Å². The quantitative estimate of drug-likeness (QED) is 0.858. The molecule has 4 fully saturated rings. The van der Waals surface area contributed by atoms with Gasteiger partial charge in [0.25, 0.3) is 0 Å². The molecule has 3 nitrogen and oxygen atoms in total. The largest absolute Gasteiger partial charge is 0.481 e. The van der Waals surface area contributed by atoms with Crippen LogP contribution in [0.15, 0.2) is 0 Å². The molecule has 0 aromatic rings. The highest BCUT2D eigenvalue weighted by Gasteiger charge is 2.45. The molecular formula is C17H27NO2. The van der Waals surface area contributed by atoms with Crippen LogP contribution in [-0.2, 0) is 4.79 Å². The van der Waals surface area contributed by atoms with Gasteiger partial charge in [0.2, 0.25) is 0 Å². The summed E-state index contributed by atoms with van der Waals surface area (Å²) in [6.45, 7) is 1.33. The van der Waals surface area contributed by atoms with Crippen molar-refractivity contribution in [1.29, 1.82) is 0 Å². The molecule has 112 valence electrons. The first-order valence-electron chi connectivity index (χ1n) is 8.66. The highest BCUT2D eigenvalue weighted by Crippen LogP contribution is 2.50. The molecular weight excluding hydrogens is 250 g/mol. The van der Waals surface area contributed by atoms with Gasteiger partial charge in [0, 0.05) is 25.0 Å². The average molecular weight is 277 g/mol. The van der Waals surface area contributed by atoms with Crippen LogP contribution in [0.5, 0.6) is 0 Å².